The summed E-state index contributed by atoms with van der Waals surface area (Å²) in [6, 6.07) is 34.1. The molecule has 0 N–H and O–H groups in total. The molecule has 6 heteroatoms. The molecule has 37 heavy (non-hydrogen) atoms. The molecule has 1 amide bonds. The lowest BCUT2D eigenvalue weighted by atomic mass is 9.96. The summed E-state index contributed by atoms with van der Waals surface area (Å²) >= 11 is 0. The molecule has 2 heterocycles. The van der Waals surface area contributed by atoms with Gasteiger partial charge in [-0.3, -0.25) is 9.69 Å². The third-order valence-corrected chi connectivity index (χ3v) is 6.88. The Balaban J connectivity index is 1.10. The Labute approximate surface area is 216 Å². The van der Waals surface area contributed by atoms with Gasteiger partial charge in [0.2, 0.25) is 6.79 Å². The van der Waals surface area contributed by atoms with E-state index in [-0.39, 0.29) is 18.7 Å². The summed E-state index contributed by atoms with van der Waals surface area (Å²) in [6.07, 6.45) is 0. The number of piperazine rings is 1. The van der Waals surface area contributed by atoms with Crippen LogP contribution in [0.3, 0.4) is 0 Å². The Bertz CT molecular complexity index is 1310. The molecule has 0 unspecified atom stereocenters. The van der Waals surface area contributed by atoms with Gasteiger partial charge in [0.1, 0.15) is 11.5 Å². The lowest BCUT2D eigenvalue weighted by molar-refractivity contribution is 0.0597. The van der Waals surface area contributed by atoms with Crippen LogP contribution in [0.4, 0.5) is 0 Å². The number of amides is 1. The van der Waals surface area contributed by atoms with Crippen LogP contribution in [-0.2, 0) is 0 Å². The van der Waals surface area contributed by atoms with Crippen molar-refractivity contribution in [3.63, 3.8) is 0 Å². The molecule has 0 aromatic heterocycles. The summed E-state index contributed by atoms with van der Waals surface area (Å²) in [7, 11) is 0. The minimum atomic E-state index is 0.0465. The summed E-state index contributed by atoms with van der Waals surface area (Å²) in [4.78, 5) is 17.7. The molecule has 4 aromatic carbocycles. The lowest BCUT2D eigenvalue weighted by Gasteiger charge is -2.39. The van der Waals surface area contributed by atoms with Gasteiger partial charge in [0.15, 0.2) is 11.5 Å². The highest BCUT2D eigenvalue weighted by atomic mass is 16.7. The van der Waals surface area contributed by atoms with Crippen molar-refractivity contribution in [2.45, 2.75) is 6.04 Å². The topological polar surface area (TPSA) is 51.2 Å². The average molecular weight is 493 g/mol. The maximum Gasteiger partial charge on any atom is 0.253 e. The van der Waals surface area contributed by atoms with Gasteiger partial charge < -0.3 is 19.1 Å². The third kappa shape index (κ3) is 5.01. The number of carbonyl (C=O) groups excluding carboxylic acids is 1. The Morgan fingerprint density at radius 3 is 1.92 bits per heavy atom. The normalized spacial score (nSPS) is 15.1. The fraction of sp³-hybridized carbons (Fsp3) is 0.194. The summed E-state index contributed by atoms with van der Waals surface area (Å²) in [5.74, 6) is 2.75. The fourth-order valence-electron chi connectivity index (χ4n) is 4.99. The van der Waals surface area contributed by atoms with Gasteiger partial charge in [-0.05, 0) is 47.5 Å². The summed E-state index contributed by atoms with van der Waals surface area (Å²) in [6.45, 7) is 3.22. The molecule has 0 radical (unpaired) electrons. The number of fused-ring (bicyclic) bond motifs is 1. The van der Waals surface area contributed by atoms with Crippen molar-refractivity contribution in [3.05, 3.63) is 120 Å². The molecule has 186 valence electrons. The highest BCUT2D eigenvalue weighted by Crippen LogP contribution is 2.36. The number of ether oxygens (including phenoxy) is 3. The second kappa shape index (κ2) is 10.4. The van der Waals surface area contributed by atoms with Crippen LogP contribution in [0.1, 0.15) is 27.5 Å². The van der Waals surface area contributed by atoms with E-state index in [1.165, 1.54) is 11.1 Å². The van der Waals surface area contributed by atoms with Gasteiger partial charge in [-0.2, -0.15) is 0 Å². The molecule has 6 rings (SSSR count). The molecular weight excluding hydrogens is 464 g/mol. The van der Waals surface area contributed by atoms with Gasteiger partial charge in [0.25, 0.3) is 5.91 Å². The smallest absolute Gasteiger partial charge is 0.253 e. The van der Waals surface area contributed by atoms with Crippen molar-refractivity contribution < 1.29 is 19.0 Å². The minimum absolute atomic E-state index is 0.0465. The van der Waals surface area contributed by atoms with Crippen molar-refractivity contribution in [2.24, 2.45) is 0 Å². The minimum Gasteiger partial charge on any atom is -0.457 e. The van der Waals surface area contributed by atoms with Crippen molar-refractivity contribution in [2.75, 3.05) is 33.0 Å². The van der Waals surface area contributed by atoms with Crippen LogP contribution in [0.25, 0.3) is 0 Å². The number of carbonyl (C=O) groups is 1. The molecule has 4 aromatic rings. The van der Waals surface area contributed by atoms with E-state index in [4.69, 9.17) is 14.2 Å². The van der Waals surface area contributed by atoms with E-state index in [9.17, 15) is 4.79 Å². The molecule has 1 saturated heterocycles. The largest absolute Gasteiger partial charge is 0.457 e. The van der Waals surface area contributed by atoms with E-state index in [1.54, 1.807) is 6.07 Å². The lowest BCUT2D eigenvalue weighted by Crippen LogP contribution is -2.49. The summed E-state index contributed by atoms with van der Waals surface area (Å²) in [5, 5.41) is 0. The summed E-state index contributed by atoms with van der Waals surface area (Å²) in [5.41, 5.74) is 3.20. The van der Waals surface area contributed by atoms with E-state index in [1.807, 2.05) is 53.4 Å². The number of rotatable bonds is 6. The second-order valence-electron chi connectivity index (χ2n) is 9.19. The van der Waals surface area contributed by atoms with Crippen LogP contribution in [-0.4, -0.2) is 48.7 Å². The van der Waals surface area contributed by atoms with Gasteiger partial charge >= 0.3 is 0 Å². The Morgan fingerprint density at radius 2 is 1.27 bits per heavy atom. The van der Waals surface area contributed by atoms with Crippen LogP contribution in [0.15, 0.2) is 103 Å². The monoisotopic (exact) mass is 492 g/mol. The van der Waals surface area contributed by atoms with Crippen LogP contribution in [0.2, 0.25) is 0 Å². The fourth-order valence-corrected chi connectivity index (χ4v) is 4.99. The second-order valence-corrected chi connectivity index (χ2v) is 9.19. The summed E-state index contributed by atoms with van der Waals surface area (Å²) < 4.78 is 16.7. The van der Waals surface area contributed by atoms with E-state index in [0.717, 1.165) is 13.1 Å². The predicted octanol–water partition coefficient (Wildman–Crippen LogP) is 5.76. The van der Waals surface area contributed by atoms with Crippen LogP contribution >= 0.6 is 0 Å². The zero-order valence-corrected chi connectivity index (χ0v) is 20.5. The van der Waals surface area contributed by atoms with E-state index >= 15 is 0 Å². The van der Waals surface area contributed by atoms with E-state index in [2.05, 4.69) is 53.4 Å². The van der Waals surface area contributed by atoms with Crippen molar-refractivity contribution in [1.82, 2.24) is 9.80 Å². The van der Waals surface area contributed by atoms with Gasteiger partial charge in [0, 0.05) is 37.8 Å². The molecule has 2 aliphatic heterocycles. The third-order valence-electron chi connectivity index (χ3n) is 6.88. The highest BCUT2D eigenvalue weighted by Gasteiger charge is 2.28. The molecular formula is C31H28N2O4. The van der Waals surface area contributed by atoms with Crippen LogP contribution in [0.5, 0.6) is 23.0 Å². The quantitative estimate of drug-likeness (QED) is 0.343. The molecule has 0 spiro atoms. The maximum atomic E-state index is 13.2. The number of nitrogens with zero attached hydrogens (tertiary/aromatic N) is 2. The Kier molecular flexibility index (Phi) is 6.48. The zero-order valence-electron chi connectivity index (χ0n) is 20.5. The van der Waals surface area contributed by atoms with Gasteiger partial charge in [-0.25, -0.2) is 0 Å². The molecule has 0 saturated carbocycles. The average Bonchev–Trinajstić information content (AvgIpc) is 3.43. The van der Waals surface area contributed by atoms with Crippen LogP contribution < -0.4 is 14.2 Å². The van der Waals surface area contributed by atoms with E-state index < -0.39 is 0 Å². The van der Waals surface area contributed by atoms with Crippen LogP contribution in [0, 0.1) is 0 Å². The first-order chi connectivity index (χ1) is 18.2. The highest BCUT2D eigenvalue weighted by molar-refractivity contribution is 5.94. The van der Waals surface area contributed by atoms with Gasteiger partial charge in [0.05, 0.1) is 6.04 Å². The first-order valence-corrected chi connectivity index (χ1v) is 12.6. The number of hydrogen-bond acceptors (Lipinski definition) is 5. The molecule has 1 fully saturated rings. The molecule has 2 aliphatic rings. The van der Waals surface area contributed by atoms with Gasteiger partial charge in [-0.1, -0.05) is 60.7 Å². The maximum absolute atomic E-state index is 13.2. The first kappa shape index (κ1) is 23.1. The number of hydrogen-bond donors (Lipinski definition) is 0. The molecule has 0 aliphatic carbocycles. The molecule has 0 bridgehead atoms. The van der Waals surface area contributed by atoms with Crippen molar-refractivity contribution in [3.8, 4) is 23.0 Å². The van der Waals surface area contributed by atoms with Crippen molar-refractivity contribution >= 4 is 5.91 Å². The van der Waals surface area contributed by atoms with Gasteiger partial charge in [-0.15, -0.1) is 0 Å². The first-order valence-electron chi connectivity index (χ1n) is 12.6. The SMILES string of the molecule is O=C(c1ccc(Oc2ccc3c(c2)OCO3)cc1)N1CCN(C(c2ccccc2)c2ccccc2)CC1. The molecule has 6 nitrogen and oxygen atoms in total. The number of benzene rings is 4. The van der Waals surface area contributed by atoms with Crippen molar-refractivity contribution in [1.29, 1.82) is 0 Å². The molecule has 0 atom stereocenters. The van der Waals surface area contributed by atoms with E-state index in [0.29, 0.717) is 41.7 Å². The Morgan fingerprint density at radius 1 is 0.676 bits per heavy atom. The Hall–Kier alpha value is -4.29. The predicted molar refractivity (Wildman–Crippen MR) is 141 cm³/mol. The zero-order chi connectivity index (χ0) is 25.0. The standard InChI is InChI=1S/C31H28N2O4/c34-31(25-11-13-26(14-12-25)37-27-15-16-28-29(21-27)36-22-35-28)33-19-17-32(18-20-33)30(23-7-3-1-4-8-23)24-9-5-2-6-10-24/h1-16,21,30H,17-20,22H2.